The Hall–Kier alpha value is -0.810. The van der Waals surface area contributed by atoms with E-state index >= 15 is 0 Å². The van der Waals surface area contributed by atoms with E-state index in [0.29, 0.717) is 12.1 Å². The first-order valence-corrected chi connectivity index (χ1v) is 7.94. The standard InChI is InChI=1S/C15H29N3O2/c1-12(2)20-15(19)16-13-4-6-14(7-5-13)18-10-8-17(3)9-11-18/h12-14H,4-11H2,1-3H3,(H,16,19). The number of carbonyl (C=O) groups is 1. The minimum atomic E-state index is -0.261. The fraction of sp³-hybridized carbons (Fsp3) is 0.933. The molecule has 1 heterocycles. The van der Waals surface area contributed by atoms with Crippen LogP contribution in [0.15, 0.2) is 0 Å². The summed E-state index contributed by atoms with van der Waals surface area (Å²) in [7, 11) is 2.19. The third-order valence-corrected chi connectivity index (χ3v) is 4.42. The van der Waals surface area contributed by atoms with Crippen LogP contribution in [0, 0.1) is 0 Å². The molecular weight excluding hydrogens is 254 g/mol. The summed E-state index contributed by atoms with van der Waals surface area (Å²) >= 11 is 0. The van der Waals surface area contributed by atoms with Crippen molar-refractivity contribution in [2.45, 2.75) is 57.7 Å². The van der Waals surface area contributed by atoms with Crippen molar-refractivity contribution in [2.75, 3.05) is 33.2 Å². The van der Waals surface area contributed by atoms with Gasteiger partial charge in [-0.25, -0.2) is 4.79 Å². The Morgan fingerprint density at radius 1 is 1.10 bits per heavy atom. The maximum absolute atomic E-state index is 11.6. The molecule has 5 nitrogen and oxygen atoms in total. The molecule has 0 aromatic rings. The monoisotopic (exact) mass is 283 g/mol. The van der Waals surface area contributed by atoms with Crippen LogP contribution in [0.3, 0.4) is 0 Å². The van der Waals surface area contributed by atoms with Crippen molar-refractivity contribution >= 4 is 6.09 Å². The molecule has 2 rings (SSSR count). The predicted octanol–water partition coefficient (Wildman–Crippen LogP) is 1.68. The number of nitrogens with one attached hydrogen (secondary N) is 1. The van der Waals surface area contributed by atoms with Crippen molar-refractivity contribution in [3.8, 4) is 0 Å². The zero-order valence-corrected chi connectivity index (χ0v) is 13.1. The zero-order valence-electron chi connectivity index (χ0n) is 13.1. The second-order valence-electron chi connectivity index (χ2n) is 6.44. The molecule has 5 heteroatoms. The maximum Gasteiger partial charge on any atom is 0.407 e. The van der Waals surface area contributed by atoms with Gasteiger partial charge in [-0.2, -0.15) is 0 Å². The lowest BCUT2D eigenvalue weighted by Gasteiger charge is -2.41. The highest BCUT2D eigenvalue weighted by atomic mass is 16.6. The molecule has 2 fully saturated rings. The van der Waals surface area contributed by atoms with E-state index < -0.39 is 0 Å². The number of hydrogen-bond donors (Lipinski definition) is 1. The van der Waals surface area contributed by atoms with Crippen LogP contribution in [0.25, 0.3) is 0 Å². The fourth-order valence-electron chi connectivity index (χ4n) is 3.19. The first-order chi connectivity index (χ1) is 9.54. The Balaban J connectivity index is 1.68. The second kappa shape index (κ2) is 7.27. The molecule has 0 radical (unpaired) electrons. The number of rotatable bonds is 3. The molecule has 2 aliphatic rings. The summed E-state index contributed by atoms with van der Waals surface area (Å²) in [5, 5.41) is 2.99. The van der Waals surface area contributed by atoms with Gasteiger partial charge in [0.2, 0.25) is 0 Å². The van der Waals surface area contributed by atoms with Crippen LogP contribution in [0.1, 0.15) is 39.5 Å². The Morgan fingerprint density at radius 3 is 2.25 bits per heavy atom. The fourth-order valence-corrected chi connectivity index (χ4v) is 3.19. The summed E-state index contributed by atoms with van der Waals surface area (Å²) in [6.45, 7) is 8.49. The first-order valence-electron chi connectivity index (χ1n) is 7.94. The van der Waals surface area contributed by atoms with E-state index in [9.17, 15) is 4.79 Å². The lowest BCUT2D eigenvalue weighted by atomic mass is 9.90. The lowest BCUT2D eigenvalue weighted by Crippen LogP contribution is -2.51. The summed E-state index contributed by atoms with van der Waals surface area (Å²) in [5.41, 5.74) is 0. The van der Waals surface area contributed by atoms with Crippen molar-refractivity contribution in [1.82, 2.24) is 15.1 Å². The average molecular weight is 283 g/mol. The molecule has 0 aromatic carbocycles. The van der Waals surface area contributed by atoms with Crippen LogP contribution in [0.5, 0.6) is 0 Å². The smallest absolute Gasteiger partial charge is 0.407 e. The van der Waals surface area contributed by atoms with Crippen LogP contribution in [-0.2, 0) is 4.74 Å². The summed E-state index contributed by atoms with van der Waals surface area (Å²) in [6, 6.07) is 1.01. The highest BCUT2D eigenvalue weighted by Gasteiger charge is 2.28. The van der Waals surface area contributed by atoms with Gasteiger partial charge in [0.05, 0.1) is 6.10 Å². The first kappa shape index (κ1) is 15.6. The van der Waals surface area contributed by atoms with Gasteiger partial charge < -0.3 is 15.0 Å². The van der Waals surface area contributed by atoms with Crippen LogP contribution < -0.4 is 5.32 Å². The number of piperazine rings is 1. The number of alkyl carbamates (subject to hydrolysis) is 1. The molecule has 0 spiro atoms. The van der Waals surface area contributed by atoms with E-state index in [4.69, 9.17) is 4.74 Å². The summed E-state index contributed by atoms with van der Waals surface area (Å²) in [4.78, 5) is 16.6. The molecule has 1 saturated carbocycles. The van der Waals surface area contributed by atoms with Gasteiger partial charge in [-0.3, -0.25) is 4.90 Å². The van der Waals surface area contributed by atoms with E-state index in [1.807, 2.05) is 13.8 Å². The van der Waals surface area contributed by atoms with Crippen molar-refractivity contribution in [3.63, 3.8) is 0 Å². The van der Waals surface area contributed by atoms with Gasteiger partial charge in [0.25, 0.3) is 0 Å². The number of hydrogen-bond acceptors (Lipinski definition) is 4. The average Bonchev–Trinajstić information content (AvgIpc) is 2.39. The highest BCUT2D eigenvalue weighted by molar-refractivity contribution is 5.67. The summed E-state index contributed by atoms with van der Waals surface area (Å²) < 4.78 is 5.14. The summed E-state index contributed by atoms with van der Waals surface area (Å²) in [5.74, 6) is 0. The predicted molar refractivity (Wildman–Crippen MR) is 79.9 cm³/mol. The van der Waals surface area contributed by atoms with Crippen LogP contribution in [0.2, 0.25) is 0 Å². The molecule has 116 valence electrons. The van der Waals surface area contributed by atoms with E-state index in [2.05, 4.69) is 22.2 Å². The van der Waals surface area contributed by atoms with Crippen LogP contribution in [0.4, 0.5) is 4.79 Å². The molecule has 1 amide bonds. The molecule has 1 aliphatic heterocycles. The number of ether oxygens (including phenoxy) is 1. The third-order valence-electron chi connectivity index (χ3n) is 4.42. The Labute approximate surface area is 122 Å². The molecule has 1 saturated heterocycles. The van der Waals surface area contributed by atoms with Crippen molar-refractivity contribution in [1.29, 1.82) is 0 Å². The number of carbonyl (C=O) groups excluding carboxylic acids is 1. The minimum Gasteiger partial charge on any atom is -0.447 e. The van der Waals surface area contributed by atoms with Gasteiger partial charge in [-0.1, -0.05) is 0 Å². The van der Waals surface area contributed by atoms with E-state index in [0.717, 1.165) is 12.8 Å². The molecule has 1 aliphatic carbocycles. The van der Waals surface area contributed by atoms with E-state index in [-0.39, 0.29) is 12.2 Å². The molecule has 0 unspecified atom stereocenters. The van der Waals surface area contributed by atoms with Gasteiger partial charge in [-0.15, -0.1) is 0 Å². The number of amides is 1. The van der Waals surface area contributed by atoms with Crippen LogP contribution >= 0.6 is 0 Å². The van der Waals surface area contributed by atoms with Gasteiger partial charge in [0.1, 0.15) is 0 Å². The van der Waals surface area contributed by atoms with Gasteiger partial charge >= 0.3 is 6.09 Å². The summed E-state index contributed by atoms with van der Waals surface area (Å²) in [6.07, 6.45) is 4.22. The third kappa shape index (κ3) is 4.63. The quantitative estimate of drug-likeness (QED) is 0.856. The Kier molecular flexibility index (Phi) is 5.66. The largest absolute Gasteiger partial charge is 0.447 e. The molecule has 1 N–H and O–H groups in total. The minimum absolute atomic E-state index is 0.0447. The van der Waals surface area contributed by atoms with Crippen molar-refractivity contribution in [3.05, 3.63) is 0 Å². The number of nitrogens with zero attached hydrogens (tertiary/aromatic N) is 2. The number of likely N-dealkylation sites (N-methyl/N-ethyl adjacent to an activating group) is 1. The van der Waals surface area contributed by atoms with E-state index in [1.165, 1.54) is 39.0 Å². The maximum atomic E-state index is 11.6. The van der Waals surface area contributed by atoms with Crippen LogP contribution in [-0.4, -0.2) is 67.3 Å². The Morgan fingerprint density at radius 2 is 1.70 bits per heavy atom. The molecule has 0 aromatic heterocycles. The SMILES string of the molecule is CC(C)OC(=O)NC1CCC(N2CCN(C)CC2)CC1. The molecule has 0 atom stereocenters. The normalized spacial score (nSPS) is 29.4. The molecular formula is C15H29N3O2. The topological polar surface area (TPSA) is 44.8 Å². The van der Waals surface area contributed by atoms with Gasteiger partial charge in [-0.05, 0) is 46.6 Å². The van der Waals surface area contributed by atoms with Gasteiger partial charge in [0.15, 0.2) is 0 Å². The van der Waals surface area contributed by atoms with E-state index in [1.54, 1.807) is 0 Å². The Bertz CT molecular complexity index is 306. The zero-order chi connectivity index (χ0) is 14.5. The lowest BCUT2D eigenvalue weighted by molar-refractivity contribution is 0.0800. The van der Waals surface area contributed by atoms with Gasteiger partial charge in [0, 0.05) is 38.3 Å². The van der Waals surface area contributed by atoms with Crippen molar-refractivity contribution < 1.29 is 9.53 Å². The second-order valence-corrected chi connectivity index (χ2v) is 6.44. The highest BCUT2D eigenvalue weighted by Crippen LogP contribution is 2.24. The molecule has 20 heavy (non-hydrogen) atoms. The van der Waals surface area contributed by atoms with Crippen molar-refractivity contribution in [2.24, 2.45) is 0 Å². The molecule has 0 bridgehead atoms.